The maximum Gasteiger partial charge on any atom is 0.330 e. The van der Waals surface area contributed by atoms with Crippen molar-refractivity contribution in [1.82, 2.24) is 0 Å². The third-order valence-electron chi connectivity index (χ3n) is 25.8. The SMILES string of the molecule is O=C(C=CC1CCC(O)C(OC2OC(CO)C(O)C(O)C2O)C1)OCC1OC(OC2CCC(C=CC(=O)OCC3OC(OC4CC5C(OC6OC(CO)C(O)C(O)C6O)CC(O)CC5OC4C4CCC(O)CC4)C(OC4OC(COC(=O)C=CC5CCC(O)C(OC6OC(CO)C(O)C(O)C6O)C5)C(O)C(O)C4O)C(O)C3O)CC2O)C(O)C(O)C1O. The Balaban J connectivity index is 0.684. The van der Waals surface area contributed by atoms with Gasteiger partial charge in [0, 0.05) is 30.6 Å². The number of allylic oxidation sites excluding steroid dienone is 3. The first kappa shape index (κ1) is 97.2. The first-order chi connectivity index (χ1) is 58.1. The predicted molar refractivity (Wildman–Crippen MR) is 395 cm³/mol. The lowest BCUT2D eigenvalue weighted by molar-refractivity contribution is -0.380. The summed E-state index contributed by atoms with van der Waals surface area (Å²) in [5, 5.41) is 270. The van der Waals surface area contributed by atoms with Crippen LogP contribution in [0.25, 0.3) is 0 Å². The Morgan fingerprint density at radius 1 is 0.279 bits per heavy atom. The summed E-state index contributed by atoms with van der Waals surface area (Å²) in [5.41, 5.74) is 0. The Kier molecular flexibility index (Phi) is 34.8. The van der Waals surface area contributed by atoms with Crippen molar-refractivity contribution in [2.75, 3.05) is 39.6 Å². The first-order valence-corrected chi connectivity index (χ1v) is 42.0. The fourth-order valence-electron chi connectivity index (χ4n) is 18.4. The van der Waals surface area contributed by atoms with E-state index < -0.39 is 339 Å². The van der Waals surface area contributed by atoms with Crippen LogP contribution in [0.2, 0.25) is 0 Å². The molecule has 0 aromatic carbocycles. The average Bonchev–Trinajstić information content (AvgIpc) is 0.764. The van der Waals surface area contributed by atoms with Gasteiger partial charge < -0.3 is 203 Å². The molecule has 12 rings (SSSR count). The van der Waals surface area contributed by atoms with E-state index in [1.54, 1.807) is 0 Å². The largest absolute Gasteiger partial charge is 0.460 e. The van der Waals surface area contributed by atoms with Gasteiger partial charge in [-0.15, -0.1) is 0 Å². The molecule has 44 nitrogen and oxygen atoms in total. The minimum atomic E-state index is -2.17. The van der Waals surface area contributed by atoms with Gasteiger partial charge in [0.25, 0.3) is 0 Å². The molecule has 0 aromatic rings. The van der Waals surface area contributed by atoms with Gasteiger partial charge in [0.15, 0.2) is 37.7 Å². The van der Waals surface area contributed by atoms with Crippen molar-refractivity contribution >= 4 is 17.9 Å². The van der Waals surface area contributed by atoms with Gasteiger partial charge in [-0.3, -0.25) is 0 Å². The van der Waals surface area contributed by atoms with Crippen LogP contribution in [-0.4, -0.2) is 443 Å². The molecular weight excluding hydrogens is 1640 g/mol. The van der Waals surface area contributed by atoms with E-state index in [1.807, 2.05) is 0 Å². The van der Waals surface area contributed by atoms with Crippen molar-refractivity contribution in [1.29, 1.82) is 0 Å². The topological polar surface area (TPSA) is 705 Å². The van der Waals surface area contributed by atoms with Crippen LogP contribution in [0.15, 0.2) is 36.5 Å². The highest BCUT2D eigenvalue weighted by molar-refractivity contribution is 5.82. The molecule has 0 spiro atoms. The Morgan fingerprint density at radius 2 is 0.623 bits per heavy atom. The van der Waals surface area contributed by atoms with Crippen molar-refractivity contribution in [3.05, 3.63) is 36.5 Å². The lowest BCUT2D eigenvalue weighted by Gasteiger charge is -2.52. The zero-order valence-electron chi connectivity index (χ0n) is 66.6. The number of hydrogen-bond donors (Lipinski definition) is 25. The third-order valence-corrected chi connectivity index (χ3v) is 25.8. The van der Waals surface area contributed by atoms with Gasteiger partial charge >= 0.3 is 17.9 Å². The zero-order chi connectivity index (χ0) is 88.0. The molecule has 0 bridgehead atoms. The number of esters is 3. The van der Waals surface area contributed by atoms with Crippen molar-refractivity contribution in [3.8, 4) is 0 Å². The normalized spacial score (nSPS) is 49.4. The molecule has 12 fully saturated rings. The number of rotatable bonds is 28. The average molecular weight is 1760 g/mol. The Bertz CT molecular complexity index is 3350. The molecule has 7 aliphatic heterocycles. The van der Waals surface area contributed by atoms with E-state index in [0.29, 0.717) is 38.5 Å². The predicted octanol–water partition coefficient (Wildman–Crippen LogP) is -11.0. The maximum absolute atomic E-state index is 13.7. The maximum atomic E-state index is 13.7. The van der Waals surface area contributed by atoms with E-state index in [0.717, 1.165) is 18.2 Å². The highest BCUT2D eigenvalue weighted by atomic mass is 16.8. The molecule has 0 radical (unpaired) electrons. The quantitative estimate of drug-likeness (QED) is 0.0196. The second kappa shape index (κ2) is 43.7. The molecule has 25 N–H and O–H groups in total. The number of carbonyl (C=O) groups excluding carboxylic acids is 3. The highest BCUT2D eigenvalue weighted by Crippen LogP contribution is 2.47. The van der Waals surface area contributed by atoms with Gasteiger partial charge in [-0.2, -0.15) is 0 Å². The molecule has 45 unspecified atom stereocenters. The summed E-state index contributed by atoms with van der Waals surface area (Å²) in [6, 6.07) is 0. The van der Waals surface area contributed by atoms with Gasteiger partial charge in [0.2, 0.25) is 0 Å². The fourth-order valence-corrected chi connectivity index (χ4v) is 18.4. The van der Waals surface area contributed by atoms with Gasteiger partial charge in [-0.25, -0.2) is 14.4 Å². The van der Waals surface area contributed by atoms with Crippen LogP contribution in [0, 0.1) is 29.6 Å². The lowest BCUT2D eigenvalue weighted by atomic mass is 9.73. The number of carbonyl (C=O) groups is 3. The summed E-state index contributed by atoms with van der Waals surface area (Å²) in [5.74, 6) is -5.53. The summed E-state index contributed by atoms with van der Waals surface area (Å²) in [4.78, 5) is 40.1. The standard InChI is InChI=1S/C78H122O44/c79-23-45-54(90)60(96)66(102)74(116-45)112-41-21-34(83)20-40-35(41)22-44(71(110-40)32-7-9-33(82)10-8-32)115-78-72(122-77-70(106)64(100)58(94)49(120-77)27-108-53(89)16-6-31-2-12-37(85)43(19-31)114-76-68(104)62(98)56(92)47(25-81)118-76)65(101)59(95)50(121-78)28-109-51(87)14-4-29-3-13-39(38(86)17-29)111-73-69(105)63(99)57(93)48(119-73)26-107-52(88)15-5-30-1-11-36(84)42(18-30)113-75-67(103)61(97)55(91)46(24-80)117-75/h4-6,14-16,29-50,54-86,90-106H,1-3,7-13,17-28H2. The molecule has 5 aliphatic carbocycles. The molecule has 122 heavy (non-hydrogen) atoms. The van der Waals surface area contributed by atoms with E-state index >= 15 is 0 Å². The zero-order valence-corrected chi connectivity index (χ0v) is 66.6. The van der Waals surface area contributed by atoms with Gasteiger partial charge in [-0.05, 0) is 120 Å². The van der Waals surface area contributed by atoms with Crippen LogP contribution in [0.4, 0.5) is 0 Å². The monoisotopic (exact) mass is 1760 g/mol. The summed E-state index contributed by atoms with van der Waals surface area (Å²) in [7, 11) is 0. The number of aliphatic hydroxyl groups is 25. The van der Waals surface area contributed by atoms with E-state index in [4.69, 9.17) is 75.8 Å². The van der Waals surface area contributed by atoms with Crippen LogP contribution in [0.5, 0.6) is 0 Å². The second-order valence-corrected chi connectivity index (χ2v) is 34.2. The molecule has 698 valence electrons. The van der Waals surface area contributed by atoms with E-state index in [1.165, 1.54) is 18.2 Å². The van der Waals surface area contributed by atoms with Crippen LogP contribution in [0.3, 0.4) is 0 Å². The lowest BCUT2D eigenvalue weighted by Crippen LogP contribution is -2.66. The Morgan fingerprint density at radius 3 is 1.03 bits per heavy atom. The third kappa shape index (κ3) is 23.3. The van der Waals surface area contributed by atoms with Crippen molar-refractivity contribution in [2.24, 2.45) is 29.6 Å². The van der Waals surface area contributed by atoms with E-state index in [9.17, 15) is 142 Å². The minimum Gasteiger partial charge on any atom is -0.460 e. The van der Waals surface area contributed by atoms with Crippen molar-refractivity contribution in [2.45, 2.75) is 360 Å². The minimum absolute atomic E-state index is 0.0430. The van der Waals surface area contributed by atoms with Crippen LogP contribution >= 0.6 is 0 Å². The Labute approximate surface area is 699 Å². The van der Waals surface area contributed by atoms with Crippen LogP contribution in [-0.2, 0) is 90.2 Å². The number of fused-ring (bicyclic) bond motifs is 1. The molecule has 44 heteroatoms. The van der Waals surface area contributed by atoms with E-state index in [-0.39, 0.29) is 70.1 Å². The van der Waals surface area contributed by atoms with Crippen molar-refractivity contribution in [3.63, 3.8) is 0 Å². The number of hydrogen-bond acceptors (Lipinski definition) is 44. The summed E-state index contributed by atoms with van der Waals surface area (Å²) in [6.45, 7) is -4.52. The molecule has 0 amide bonds. The second-order valence-electron chi connectivity index (χ2n) is 34.2. The summed E-state index contributed by atoms with van der Waals surface area (Å²) >= 11 is 0. The molecule has 45 atom stereocenters. The van der Waals surface area contributed by atoms with Gasteiger partial charge in [0.1, 0.15) is 166 Å². The first-order valence-electron chi connectivity index (χ1n) is 42.0. The number of ether oxygens (including phenoxy) is 16. The van der Waals surface area contributed by atoms with Crippen molar-refractivity contribution < 1.29 is 218 Å². The molecule has 12 aliphatic rings. The van der Waals surface area contributed by atoms with Crippen LogP contribution < -0.4 is 0 Å². The summed E-state index contributed by atoms with van der Waals surface area (Å²) < 4.78 is 95.0. The van der Waals surface area contributed by atoms with E-state index in [2.05, 4.69) is 0 Å². The van der Waals surface area contributed by atoms with Gasteiger partial charge in [-0.1, -0.05) is 18.2 Å². The molecule has 5 saturated carbocycles. The molecule has 7 saturated heterocycles. The van der Waals surface area contributed by atoms with Crippen LogP contribution in [0.1, 0.15) is 103 Å². The molecular formula is C78H122O44. The highest BCUT2D eigenvalue weighted by Gasteiger charge is 2.58. The van der Waals surface area contributed by atoms with Gasteiger partial charge in [0.05, 0.1) is 93.1 Å². The Hall–Kier alpha value is -3.89. The summed E-state index contributed by atoms with van der Waals surface area (Å²) in [6.07, 6.45) is -55.1. The molecule has 0 aromatic heterocycles. The fraction of sp³-hybridized carbons (Fsp3) is 0.885. The smallest absolute Gasteiger partial charge is 0.330 e. The number of aliphatic hydroxyl groups excluding tert-OH is 25. The molecule has 7 heterocycles.